The van der Waals surface area contributed by atoms with Gasteiger partial charge in [0.05, 0.1) is 0 Å². The standard InChI is InChI=1S/C17H10ClO4/c1-10(19)22-17(11-6-8-12(18)9-7-11)15(20)13-4-2-3-5-14(13)16(17)21/h2-6,8-9H,1H3. The zero-order chi connectivity index (χ0) is 15.9. The Hall–Kier alpha value is -2.46. The molecule has 0 atom stereocenters. The van der Waals surface area contributed by atoms with Gasteiger partial charge in [0.2, 0.25) is 11.6 Å². The third kappa shape index (κ3) is 1.96. The number of halogens is 1. The van der Waals surface area contributed by atoms with E-state index in [0.29, 0.717) is 5.02 Å². The molecule has 0 unspecified atom stereocenters. The van der Waals surface area contributed by atoms with Crippen molar-refractivity contribution in [3.8, 4) is 0 Å². The number of benzene rings is 2. The van der Waals surface area contributed by atoms with E-state index in [2.05, 4.69) is 6.07 Å². The van der Waals surface area contributed by atoms with Gasteiger partial charge in [-0.25, -0.2) is 0 Å². The van der Waals surface area contributed by atoms with Crippen LogP contribution in [0.1, 0.15) is 33.2 Å². The minimum Gasteiger partial charge on any atom is -0.437 e. The van der Waals surface area contributed by atoms with Crippen LogP contribution in [0, 0.1) is 6.07 Å². The number of hydrogen-bond acceptors (Lipinski definition) is 4. The monoisotopic (exact) mass is 313 g/mol. The van der Waals surface area contributed by atoms with E-state index in [1.54, 1.807) is 12.1 Å². The maximum Gasteiger partial charge on any atom is 0.304 e. The summed E-state index contributed by atoms with van der Waals surface area (Å²) < 4.78 is 5.22. The van der Waals surface area contributed by atoms with Crippen molar-refractivity contribution in [3.63, 3.8) is 0 Å². The van der Waals surface area contributed by atoms with Crippen LogP contribution in [0.25, 0.3) is 0 Å². The number of carbonyl (C=O) groups is 3. The van der Waals surface area contributed by atoms with Crippen LogP contribution in [0.2, 0.25) is 5.02 Å². The molecule has 22 heavy (non-hydrogen) atoms. The summed E-state index contributed by atoms with van der Waals surface area (Å²) in [5.41, 5.74) is -1.38. The molecule has 5 heteroatoms. The van der Waals surface area contributed by atoms with Gasteiger partial charge in [-0.1, -0.05) is 41.9 Å². The van der Waals surface area contributed by atoms with Crippen molar-refractivity contribution in [3.05, 3.63) is 70.2 Å². The summed E-state index contributed by atoms with van der Waals surface area (Å²) in [4.78, 5) is 37.1. The highest BCUT2D eigenvalue weighted by Crippen LogP contribution is 2.41. The summed E-state index contributed by atoms with van der Waals surface area (Å²) in [5, 5.41) is 0.400. The molecule has 2 aromatic rings. The SMILES string of the molecule is CC(=O)OC1(c2[c]cc(Cl)cc2)C(=O)c2ccccc2C1=O. The average molecular weight is 314 g/mol. The van der Waals surface area contributed by atoms with Crippen LogP contribution in [0.3, 0.4) is 0 Å². The molecule has 1 aliphatic rings. The molecular weight excluding hydrogens is 304 g/mol. The molecule has 0 saturated heterocycles. The second-order valence-corrected chi connectivity index (χ2v) is 5.34. The topological polar surface area (TPSA) is 60.4 Å². The van der Waals surface area contributed by atoms with E-state index >= 15 is 0 Å². The molecular formula is C17H10ClO4. The second-order valence-electron chi connectivity index (χ2n) is 4.90. The highest BCUT2D eigenvalue weighted by atomic mass is 35.5. The molecule has 0 heterocycles. The Bertz CT molecular complexity index is 758. The smallest absolute Gasteiger partial charge is 0.304 e. The lowest BCUT2D eigenvalue weighted by molar-refractivity contribution is -0.149. The van der Waals surface area contributed by atoms with Crippen molar-refractivity contribution in [2.24, 2.45) is 0 Å². The first-order chi connectivity index (χ1) is 10.5. The number of hydrogen-bond donors (Lipinski definition) is 0. The van der Waals surface area contributed by atoms with Crippen molar-refractivity contribution in [1.29, 1.82) is 0 Å². The van der Waals surface area contributed by atoms with Gasteiger partial charge in [0.1, 0.15) is 0 Å². The number of ketones is 2. The minimum atomic E-state index is -2.01. The fraction of sp³-hybridized carbons (Fsp3) is 0.118. The van der Waals surface area contributed by atoms with Crippen molar-refractivity contribution in [1.82, 2.24) is 0 Å². The van der Waals surface area contributed by atoms with Gasteiger partial charge in [0.25, 0.3) is 5.60 Å². The van der Waals surface area contributed by atoms with Gasteiger partial charge in [0, 0.05) is 28.6 Å². The Labute approximate surface area is 131 Å². The van der Waals surface area contributed by atoms with Gasteiger partial charge >= 0.3 is 5.97 Å². The van der Waals surface area contributed by atoms with Crippen LogP contribution in [0.5, 0.6) is 0 Å². The zero-order valence-electron chi connectivity index (χ0n) is 11.6. The van der Waals surface area contributed by atoms with Gasteiger partial charge in [-0.3, -0.25) is 14.4 Å². The van der Waals surface area contributed by atoms with E-state index in [9.17, 15) is 14.4 Å². The van der Waals surface area contributed by atoms with Crippen molar-refractivity contribution in [2.75, 3.05) is 0 Å². The highest BCUT2D eigenvalue weighted by molar-refractivity contribution is 6.33. The normalized spacial score (nSPS) is 15.5. The molecule has 0 saturated carbocycles. The molecule has 0 aliphatic heterocycles. The van der Waals surface area contributed by atoms with Crippen LogP contribution in [-0.4, -0.2) is 17.5 Å². The van der Waals surface area contributed by atoms with Gasteiger partial charge in [-0.05, 0) is 18.2 Å². The molecule has 0 aromatic heterocycles. The van der Waals surface area contributed by atoms with Crippen molar-refractivity contribution in [2.45, 2.75) is 12.5 Å². The molecule has 4 nitrogen and oxygen atoms in total. The van der Waals surface area contributed by atoms with Crippen LogP contribution in [-0.2, 0) is 15.1 Å². The molecule has 0 fully saturated rings. The molecule has 0 bridgehead atoms. The van der Waals surface area contributed by atoms with Crippen LogP contribution >= 0.6 is 11.6 Å². The van der Waals surface area contributed by atoms with Crippen LogP contribution in [0.4, 0.5) is 0 Å². The Kier molecular flexibility index (Phi) is 3.34. The van der Waals surface area contributed by atoms with E-state index in [4.69, 9.17) is 16.3 Å². The van der Waals surface area contributed by atoms with Gasteiger partial charge in [0.15, 0.2) is 0 Å². The number of carbonyl (C=O) groups excluding carboxylic acids is 3. The second kappa shape index (κ2) is 5.07. The number of fused-ring (bicyclic) bond motifs is 1. The van der Waals surface area contributed by atoms with Crippen molar-refractivity contribution >= 4 is 29.1 Å². The predicted octanol–water partition coefficient (Wildman–Crippen LogP) is 2.98. The first-order valence-electron chi connectivity index (χ1n) is 6.52. The van der Waals surface area contributed by atoms with Crippen LogP contribution < -0.4 is 0 Å². The lowest BCUT2D eigenvalue weighted by Gasteiger charge is -2.25. The fourth-order valence-corrected chi connectivity index (χ4v) is 2.71. The maximum atomic E-state index is 12.8. The molecule has 0 N–H and O–H groups in total. The fourth-order valence-electron chi connectivity index (χ4n) is 2.59. The molecule has 109 valence electrons. The Morgan fingerprint density at radius 3 is 2.14 bits per heavy atom. The summed E-state index contributed by atoms with van der Waals surface area (Å²) in [6, 6.07) is 13.6. The van der Waals surface area contributed by atoms with Gasteiger partial charge in [-0.15, -0.1) is 0 Å². The van der Waals surface area contributed by atoms with E-state index in [0.717, 1.165) is 6.92 Å². The molecule has 1 radical (unpaired) electrons. The summed E-state index contributed by atoms with van der Waals surface area (Å²) in [7, 11) is 0. The summed E-state index contributed by atoms with van der Waals surface area (Å²) in [6.07, 6.45) is 0. The lowest BCUT2D eigenvalue weighted by Crippen LogP contribution is -2.42. The molecule has 0 spiro atoms. The molecule has 2 aromatic carbocycles. The molecule has 1 aliphatic carbocycles. The maximum absolute atomic E-state index is 12.8. The largest absolute Gasteiger partial charge is 0.437 e. The van der Waals surface area contributed by atoms with Gasteiger partial charge < -0.3 is 4.74 Å². The Balaban J connectivity index is 2.25. The third-order valence-corrected chi connectivity index (χ3v) is 3.74. The zero-order valence-corrected chi connectivity index (χ0v) is 12.3. The Morgan fingerprint density at radius 2 is 1.68 bits per heavy atom. The average Bonchev–Trinajstić information content (AvgIpc) is 2.71. The van der Waals surface area contributed by atoms with E-state index in [-0.39, 0.29) is 16.7 Å². The number of rotatable bonds is 2. The van der Waals surface area contributed by atoms with Gasteiger partial charge in [-0.2, -0.15) is 0 Å². The van der Waals surface area contributed by atoms with E-state index in [1.807, 2.05) is 0 Å². The summed E-state index contributed by atoms with van der Waals surface area (Å²) in [6.45, 7) is 1.15. The van der Waals surface area contributed by atoms with E-state index < -0.39 is 23.1 Å². The third-order valence-electron chi connectivity index (χ3n) is 3.51. The Morgan fingerprint density at radius 1 is 1.09 bits per heavy atom. The predicted molar refractivity (Wildman–Crippen MR) is 78.8 cm³/mol. The number of esters is 1. The first kappa shape index (κ1) is 14.5. The minimum absolute atomic E-state index is 0.165. The van der Waals surface area contributed by atoms with Crippen LogP contribution in [0.15, 0.2) is 42.5 Å². The molecule has 0 amide bonds. The highest BCUT2D eigenvalue weighted by Gasteiger charge is 2.57. The quantitative estimate of drug-likeness (QED) is 0.631. The van der Waals surface area contributed by atoms with Crippen molar-refractivity contribution < 1.29 is 19.1 Å². The van der Waals surface area contributed by atoms with E-state index in [1.165, 1.54) is 30.3 Å². The summed E-state index contributed by atoms with van der Waals surface area (Å²) in [5.74, 6) is -1.86. The molecule has 3 rings (SSSR count). The number of Topliss-reactive ketones (excluding diaryl/α,β-unsaturated/α-hetero) is 2. The number of ether oxygens (including phenoxy) is 1. The first-order valence-corrected chi connectivity index (χ1v) is 6.90. The summed E-state index contributed by atoms with van der Waals surface area (Å²) >= 11 is 5.82. The lowest BCUT2D eigenvalue weighted by atomic mass is 9.88.